The van der Waals surface area contributed by atoms with E-state index in [1.807, 2.05) is 0 Å². The van der Waals surface area contributed by atoms with Crippen molar-refractivity contribution < 1.29 is 14.3 Å². The molecule has 2 rings (SSSR count). The molecule has 0 aromatic rings. The molecule has 2 fully saturated rings. The van der Waals surface area contributed by atoms with Crippen LogP contribution in [0.4, 0.5) is 9.59 Å². The molecule has 0 aromatic heterocycles. The number of rotatable bonds is 1. The average molecular weight is 282 g/mol. The summed E-state index contributed by atoms with van der Waals surface area (Å²) in [4.78, 5) is 28.4. The van der Waals surface area contributed by atoms with Gasteiger partial charge in [0.1, 0.15) is 0 Å². The molecule has 7 heteroatoms. The highest BCUT2D eigenvalue weighted by molar-refractivity contribution is 6.02. The Hall–Kier alpha value is -1.79. The van der Waals surface area contributed by atoms with Gasteiger partial charge in [0.25, 0.3) is 0 Å². The van der Waals surface area contributed by atoms with Crippen LogP contribution >= 0.6 is 0 Å². The van der Waals surface area contributed by atoms with Crippen molar-refractivity contribution in [3.63, 3.8) is 0 Å². The molecule has 2 bridgehead atoms. The van der Waals surface area contributed by atoms with Gasteiger partial charge in [-0.25, -0.2) is 9.59 Å². The minimum Gasteiger partial charge on any atom is -0.452 e. The van der Waals surface area contributed by atoms with Crippen LogP contribution in [0.2, 0.25) is 0 Å². The number of urea groups is 1. The van der Waals surface area contributed by atoms with Crippen LogP contribution in [0.5, 0.6) is 0 Å². The smallest absolute Gasteiger partial charge is 0.416 e. The number of nitrogens with zero attached hydrogens (tertiary/aromatic N) is 2. The van der Waals surface area contributed by atoms with Gasteiger partial charge in [-0.1, -0.05) is 6.42 Å². The van der Waals surface area contributed by atoms with E-state index in [0.717, 1.165) is 17.2 Å². The molecule has 112 valence electrons. The second-order valence-electron chi connectivity index (χ2n) is 5.46. The summed E-state index contributed by atoms with van der Waals surface area (Å²) in [6.07, 6.45) is 4.19. The highest BCUT2D eigenvalue weighted by Gasteiger charge is 2.40. The molecule has 0 saturated heterocycles. The number of carbonyl (C=O) groups is 2. The van der Waals surface area contributed by atoms with Crippen LogP contribution < -0.4 is 10.6 Å². The predicted molar refractivity (Wildman–Crippen MR) is 74.4 cm³/mol. The molecular formula is C13H22N4O3. The maximum absolute atomic E-state index is 12.0. The van der Waals surface area contributed by atoms with Crippen LogP contribution in [-0.4, -0.2) is 50.2 Å². The van der Waals surface area contributed by atoms with Gasteiger partial charge >= 0.3 is 12.1 Å². The number of ether oxygens (including phenoxy) is 1. The molecule has 0 aliphatic heterocycles. The number of aliphatic imine (C=N–C) groups is 1. The quantitative estimate of drug-likeness (QED) is 0.559. The summed E-state index contributed by atoms with van der Waals surface area (Å²) in [6.45, 7) is 0. The first-order chi connectivity index (χ1) is 9.55. The lowest BCUT2D eigenvalue weighted by molar-refractivity contribution is 0.151. The number of fused-ring (bicyclic) bond motifs is 2. The van der Waals surface area contributed by atoms with Gasteiger partial charge in [0, 0.05) is 20.1 Å². The predicted octanol–water partition coefficient (Wildman–Crippen LogP) is 1.16. The molecule has 2 N–H and O–H groups in total. The summed E-state index contributed by atoms with van der Waals surface area (Å²) in [5.74, 6) is 1.53. The number of hydrogen-bond acceptors (Lipinski definition) is 4. The fourth-order valence-electron chi connectivity index (χ4n) is 3.24. The second-order valence-corrected chi connectivity index (χ2v) is 5.46. The van der Waals surface area contributed by atoms with Gasteiger partial charge in [-0.3, -0.25) is 15.2 Å². The standard InChI is InChI=1S/C13H22N4O3/c1-14-11(17(2)13(19)20-3)16-12(18)15-10-7-8-4-5-9(10)6-8/h8-10H,4-7H2,1-3H3,(H2,14,15,16,18). The van der Waals surface area contributed by atoms with Gasteiger partial charge in [-0.2, -0.15) is 0 Å². The van der Waals surface area contributed by atoms with E-state index in [4.69, 9.17) is 0 Å². The lowest BCUT2D eigenvalue weighted by atomic mass is 9.95. The van der Waals surface area contributed by atoms with Crippen molar-refractivity contribution >= 4 is 18.1 Å². The Balaban J connectivity index is 1.85. The Morgan fingerprint density at radius 1 is 1.30 bits per heavy atom. The SMILES string of the molecule is CN=C(NC(=O)NC1CC2CCC1C2)N(C)C(=O)OC. The molecule has 3 atom stereocenters. The van der Waals surface area contributed by atoms with Crippen LogP contribution in [-0.2, 0) is 4.74 Å². The molecule has 0 heterocycles. The summed E-state index contributed by atoms with van der Waals surface area (Å²) < 4.78 is 4.58. The zero-order valence-electron chi connectivity index (χ0n) is 12.2. The minimum atomic E-state index is -0.578. The molecule has 0 aromatic carbocycles. The lowest BCUT2D eigenvalue weighted by Gasteiger charge is -2.24. The van der Waals surface area contributed by atoms with Gasteiger partial charge in [-0.05, 0) is 31.1 Å². The molecule has 2 saturated carbocycles. The topological polar surface area (TPSA) is 83.0 Å². The van der Waals surface area contributed by atoms with Crippen molar-refractivity contribution in [3.05, 3.63) is 0 Å². The summed E-state index contributed by atoms with van der Waals surface area (Å²) in [5.41, 5.74) is 0. The maximum atomic E-state index is 12.0. The fraction of sp³-hybridized carbons (Fsp3) is 0.769. The van der Waals surface area contributed by atoms with Crippen molar-refractivity contribution in [3.8, 4) is 0 Å². The largest absolute Gasteiger partial charge is 0.452 e. The normalized spacial score (nSPS) is 28.1. The van der Waals surface area contributed by atoms with E-state index in [1.54, 1.807) is 0 Å². The van der Waals surface area contributed by atoms with Crippen LogP contribution in [0, 0.1) is 11.8 Å². The zero-order valence-corrected chi connectivity index (χ0v) is 12.2. The number of carbonyl (C=O) groups excluding carboxylic acids is 2. The van der Waals surface area contributed by atoms with Crippen molar-refractivity contribution in [1.82, 2.24) is 15.5 Å². The molecule has 7 nitrogen and oxygen atoms in total. The Kier molecular flexibility index (Phi) is 4.46. The van der Waals surface area contributed by atoms with E-state index in [9.17, 15) is 9.59 Å². The Bertz CT molecular complexity index is 424. The van der Waals surface area contributed by atoms with E-state index in [1.165, 1.54) is 40.5 Å². The zero-order chi connectivity index (χ0) is 14.7. The average Bonchev–Trinajstić information content (AvgIpc) is 3.05. The van der Waals surface area contributed by atoms with E-state index in [2.05, 4.69) is 20.4 Å². The van der Waals surface area contributed by atoms with Crippen LogP contribution in [0.3, 0.4) is 0 Å². The highest BCUT2D eigenvalue weighted by Crippen LogP contribution is 2.44. The summed E-state index contributed by atoms with van der Waals surface area (Å²) in [5, 5.41) is 5.57. The van der Waals surface area contributed by atoms with Gasteiger partial charge in [0.15, 0.2) is 0 Å². The van der Waals surface area contributed by atoms with Gasteiger partial charge < -0.3 is 10.1 Å². The molecule has 2 aliphatic carbocycles. The third kappa shape index (κ3) is 3.02. The molecule has 0 spiro atoms. The van der Waals surface area contributed by atoms with Gasteiger partial charge in [-0.15, -0.1) is 0 Å². The van der Waals surface area contributed by atoms with Crippen molar-refractivity contribution in [1.29, 1.82) is 0 Å². The molecular weight excluding hydrogens is 260 g/mol. The van der Waals surface area contributed by atoms with Crippen LogP contribution in [0.15, 0.2) is 4.99 Å². The Labute approximate surface area is 118 Å². The van der Waals surface area contributed by atoms with Gasteiger partial charge in [0.2, 0.25) is 5.96 Å². The molecule has 2 aliphatic rings. The summed E-state index contributed by atoms with van der Waals surface area (Å²) >= 11 is 0. The third-order valence-electron chi connectivity index (χ3n) is 4.26. The molecule has 3 amide bonds. The number of nitrogens with one attached hydrogen (secondary N) is 2. The minimum absolute atomic E-state index is 0.164. The molecule has 20 heavy (non-hydrogen) atoms. The summed E-state index contributed by atoms with van der Waals surface area (Å²) in [7, 11) is 4.28. The third-order valence-corrected chi connectivity index (χ3v) is 4.26. The number of hydrogen-bond donors (Lipinski definition) is 2. The fourth-order valence-corrected chi connectivity index (χ4v) is 3.24. The van der Waals surface area contributed by atoms with E-state index in [-0.39, 0.29) is 18.0 Å². The molecule has 0 radical (unpaired) electrons. The van der Waals surface area contributed by atoms with Crippen molar-refractivity contribution in [2.45, 2.75) is 31.7 Å². The Morgan fingerprint density at radius 3 is 2.55 bits per heavy atom. The van der Waals surface area contributed by atoms with Crippen molar-refractivity contribution in [2.75, 3.05) is 21.2 Å². The van der Waals surface area contributed by atoms with Crippen molar-refractivity contribution in [2.24, 2.45) is 16.8 Å². The van der Waals surface area contributed by atoms with Crippen LogP contribution in [0.1, 0.15) is 25.7 Å². The first kappa shape index (κ1) is 14.6. The first-order valence-corrected chi connectivity index (χ1v) is 6.91. The Morgan fingerprint density at radius 2 is 2.05 bits per heavy atom. The number of amides is 3. The summed E-state index contributed by atoms with van der Waals surface area (Å²) in [6, 6.07) is -0.0748. The lowest BCUT2D eigenvalue weighted by Crippen LogP contribution is -2.51. The van der Waals surface area contributed by atoms with E-state index >= 15 is 0 Å². The molecule has 3 unspecified atom stereocenters. The highest BCUT2D eigenvalue weighted by atomic mass is 16.5. The monoisotopic (exact) mass is 282 g/mol. The second kappa shape index (κ2) is 6.11. The van der Waals surface area contributed by atoms with E-state index < -0.39 is 6.09 Å². The van der Waals surface area contributed by atoms with Crippen LogP contribution in [0.25, 0.3) is 0 Å². The number of methoxy groups -OCH3 is 1. The van der Waals surface area contributed by atoms with Gasteiger partial charge in [0.05, 0.1) is 7.11 Å². The van der Waals surface area contributed by atoms with E-state index in [0.29, 0.717) is 5.92 Å². The number of guanidine groups is 1. The maximum Gasteiger partial charge on any atom is 0.416 e. The first-order valence-electron chi connectivity index (χ1n) is 6.91.